The van der Waals surface area contributed by atoms with Crippen molar-refractivity contribution in [3.8, 4) is 0 Å². The fraction of sp³-hybridized carbons (Fsp3) is 0.235. The lowest BCUT2D eigenvalue weighted by atomic mass is 10.1. The van der Waals surface area contributed by atoms with Crippen LogP contribution in [0.2, 0.25) is 0 Å². The maximum absolute atomic E-state index is 12.2. The number of H-pyrrole nitrogens is 1. The van der Waals surface area contributed by atoms with E-state index in [1.165, 1.54) is 24.7 Å². The van der Waals surface area contributed by atoms with Gasteiger partial charge in [0.15, 0.2) is 0 Å². The van der Waals surface area contributed by atoms with Crippen LogP contribution in [0.1, 0.15) is 32.8 Å². The zero-order chi connectivity index (χ0) is 20.5. The largest absolute Gasteiger partial charge is 0.480 e. The number of nitrogens with zero attached hydrogens (tertiary/aromatic N) is 1. The maximum Gasteiger partial charge on any atom is 0.326 e. The molecular formula is C17H20N6O5. The van der Waals surface area contributed by atoms with Crippen molar-refractivity contribution in [2.45, 2.75) is 18.9 Å². The summed E-state index contributed by atoms with van der Waals surface area (Å²) in [6.45, 7) is -0.0420. The van der Waals surface area contributed by atoms with Gasteiger partial charge in [0.2, 0.25) is 5.91 Å². The molecule has 0 aliphatic carbocycles. The topological polar surface area (TPSA) is 179 Å². The summed E-state index contributed by atoms with van der Waals surface area (Å²) in [7, 11) is 0. The minimum atomic E-state index is -1.19. The van der Waals surface area contributed by atoms with Gasteiger partial charge >= 0.3 is 5.97 Å². The van der Waals surface area contributed by atoms with Gasteiger partial charge in [-0.3, -0.25) is 19.8 Å². The van der Waals surface area contributed by atoms with E-state index in [4.69, 9.17) is 5.84 Å². The predicted molar refractivity (Wildman–Crippen MR) is 96.9 cm³/mol. The van der Waals surface area contributed by atoms with Gasteiger partial charge in [0.05, 0.1) is 17.5 Å². The molecule has 1 aromatic heterocycles. The molecule has 2 aromatic rings. The molecule has 1 aromatic carbocycles. The number of benzene rings is 1. The number of carboxylic acids is 1. The van der Waals surface area contributed by atoms with Gasteiger partial charge in [-0.15, -0.1) is 0 Å². The SMILES string of the molecule is NNC(=O)c1ccccc1C(=O)NCCC(=O)N[C@@H](Cc1cnc[nH]1)C(=O)O. The Balaban J connectivity index is 1.87. The van der Waals surface area contributed by atoms with Gasteiger partial charge in [0.25, 0.3) is 11.8 Å². The highest BCUT2D eigenvalue weighted by Crippen LogP contribution is 2.08. The number of nitrogens with one attached hydrogen (secondary N) is 4. The number of imidazole rings is 1. The quantitative estimate of drug-likeness (QED) is 0.180. The molecule has 1 atom stereocenters. The molecule has 28 heavy (non-hydrogen) atoms. The second-order valence-electron chi connectivity index (χ2n) is 5.76. The zero-order valence-corrected chi connectivity index (χ0v) is 14.8. The minimum Gasteiger partial charge on any atom is -0.480 e. The highest BCUT2D eigenvalue weighted by molar-refractivity contribution is 6.07. The number of carbonyl (C=O) groups is 4. The Bertz CT molecular complexity index is 851. The summed E-state index contributed by atoms with van der Waals surface area (Å²) in [5.41, 5.74) is 2.72. The number of aromatic nitrogens is 2. The average Bonchev–Trinajstić information content (AvgIpc) is 3.19. The fourth-order valence-corrected chi connectivity index (χ4v) is 2.42. The Morgan fingerprint density at radius 3 is 2.39 bits per heavy atom. The van der Waals surface area contributed by atoms with E-state index in [2.05, 4.69) is 20.6 Å². The lowest BCUT2D eigenvalue weighted by molar-refractivity contribution is -0.141. The number of carbonyl (C=O) groups excluding carboxylic acids is 3. The number of nitrogen functional groups attached to an aromatic ring is 1. The third-order valence-electron chi connectivity index (χ3n) is 3.80. The van der Waals surface area contributed by atoms with Crippen LogP contribution < -0.4 is 21.9 Å². The molecule has 0 saturated carbocycles. The summed E-state index contributed by atoms with van der Waals surface area (Å²) in [5.74, 6) is 2.19. The molecule has 0 fully saturated rings. The molecule has 0 saturated heterocycles. The van der Waals surface area contributed by atoms with E-state index in [1.807, 2.05) is 5.43 Å². The van der Waals surface area contributed by atoms with Crippen molar-refractivity contribution in [3.05, 3.63) is 53.6 Å². The average molecular weight is 388 g/mol. The monoisotopic (exact) mass is 388 g/mol. The second-order valence-corrected chi connectivity index (χ2v) is 5.76. The highest BCUT2D eigenvalue weighted by Gasteiger charge is 2.21. The minimum absolute atomic E-state index is 0.0420. The Kier molecular flexibility index (Phi) is 7.22. The molecule has 0 unspecified atom stereocenters. The number of hydrogen-bond donors (Lipinski definition) is 6. The summed E-state index contributed by atoms with van der Waals surface area (Å²) >= 11 is 0. The van der Waals surface area contributed by atoms with Gasteiger partial charge < -0.3 is 20.7 Å². The standard InChI is InChI=1S/C17H20N6O5/c18-23-16(26)12-4-2-1-3-11(12)15(25)20-6-5-14(24)22-13(17(27)28)7-10-8-19-9-21-10/h1-4,8-9,13H,5-7,18H2,(H,19,21)(H,20,25)(H,22,24)(H,23,26)(H,27,28)/t13-/m0/s1. The molecule has 148 valence electrons. The van der Waals surface area contributed by atoms with E-state index >= 15 is 0 Å². The van der Waals surface area contributed by atoms with E-state index < -0.39 is 29.7 Å². The van der Waals surface area contributed by atoms with E-state index in [0.29, 0.717) is 5.69 Å². The van der Waals surface area contributed by atoms with Crippen molar-refractivity contribution in [3.63, 3.8) is 0 Å². The van der Waals surface area contributed by atoms with E-state index in [0.717, 1.165) is 0 Å². The maximum atomic E-state index is 12.2. The first kappa shape index (κ1) is 20.6. The van der Waals surface area contributed by atoms with Gasteiger partial charge in [-0.05, 0) is 12.1 Å². The lowest BCUT2D eigenvalue weighted by Gasteiger charge is -2.14. The highest BCUT2D eigenvalue weighted by atomic mass is 16.4. The van der Waals surface area contributed by atoms with Crippen LogP contribution >= 0.6 is 0 Å². The van der Waals surface area contributed by atoms with Crippen LogP contribution in [0.5, 0.6) is 0 Å². The van der Waals surface area contributed by atoms with Gasteiger partial charge in [-0.1, -0.05) is 12.1 Å². The van der Waals surface area contributed by atoms with Gasteiger partial charge in [-0.2, -0.15) is 0 Å². The summed E-state index contributed by atoms with van der Waals surface area (Å²) in [5, 5.41) is 14.1. The Hall–Kier alpha value is -3.73. The Morgan fingerprint density at radius 2 is 1.82 bits per heavy atom. The van der Waals surface area contributed by atoms with Crippen LogP contribution in [-0.2, 0) is 16.0 Å². The van der Waals surface area contributed by atoms with E-state index in [9.17, 15) is 24.3 Å². The third kappa shape index (κ3) is 5.64. The van der Waals surface area contributed by atoms with Crippen molar-refractivity contribution in [2.24, 2.45) is 5.84 Å². The first-order chi connectivity index (χ1) is 13.4. The molecule has 3 amide bonds. The normalized spacial score (nSPS) is 11.3. The van der Waals surface area contributed by atoms with Crippen molar-refractivity contribution in [2.75, 3.05) is 6.54 Å². The number of rotatable bonds is 9. The summed E-state index contributed by atoms with van der Waals surface area (Å²) in [6.07, 6.45) is 2.80. The third-order valence-corrected chi connectivity index (χ3v) is 3.80. The van der Waals surface area contributed by atoms with E-state index in [1.54, 1.807) is 12.1 Å². The number of carboxylic acid groups (broad SMARTS) is 1. The second kappa shape index (κ2) is 9.83. The molecule has 7 N–H and O–H groups in total. The van der Waals surface area contributed by atoms with Gasteiger partial charge in [0, 0.05) is 31.3 Å². The van der Waals surface area contributed by atoms with Crippen LogP contribution in [0.4, 0.5) is 0 Å². The van der Waals surface area contributed by atoms with Crippen molar-refractivity contribution in [1.82, 2.24) is 26.0 Å². The van der Waals surface area contributed by atoms with Gasteiger partial charge in [-0.25, -0.2) is 15.6 Å². The van der Waals surface area contributed by atoms with Crippen molar-refractivity contribution in [1.29, 1.82) is 0 Å². The van der Waals surface area contributed by atoms with Crippen LogP contribution in [0.25, 0.3) is 0 Å². The molecule has 0 radical (unpaired) electrons. The molecule has 0 aliphatic heterocycles. The molecular weight excluding hydrogens is 368 g/mol. The fourth-order valence-electron chi connectivity index (χ4n) is 2.42. The van der Waals surface area contributed by atoms with Crippen molar-refractivity contribution < 1.29 is 24.3 Å². The van der Waals surface area contributed by atoms with Crippen LogP contribution in [0.3, 0.4) is 0 Å². The molecule has 2 rings (SSSR count). The zero-order valence-electron chi connectivity index (χ0n) is 14.8. The van der Waals surface area contributed by atoms with E-state index in [-0.39, 0.29) is 30.5 Å². The number of amides is 3. The number of aliphatic carboxylic acids is 1. The van der Waals surface area contributed by atoms with Gasteiger partial charge in [0.1, 0.15) is 6.04 Å². The molecule has 11 heteroatoms. The van der Waals surface area contributed by atoms with Crippen LogP contribution in [0.15, 0.2) is 36.8 Å². The number of nitrogens with two attached hydrogens (primary N) is 1. The first-order valence-electron chi connectivity index (χ1n) is 8.30. The summed E-state index contributed by atoms with van der Waals surface area (Å²) < 4.78 is 0. The molecule has 0 bridgehead atoms. The smallest absolute Gasteiger partial charge is 0.326 e. The summed E-state index contributed by atoms with van der Waals surface area (Å²) in [4.78, 5) is 53.8. The Morgan fingerprint density at radius 1 is 1.14 bits per heavy atom. The molecule has 1 heterocycles. The Labute approximate surface area is 159 Å². The first-order valence-corrected chi connectivity index (χ1v) is 8.30. The van der Waals surface area contributed by atoms with Crippen LogP contribution in [-0.4, -0.2) is 51.4 Å². The number of aromatic amines is 1. The predicted octanol–water partition coefficient (Wildman–Crippen LogP) is -1.05. The van der Waals surface area contributed by atoms with Crippen molar-refractivity contribution >= 4 is 23.7 Å². The molecule has 11 nitrogen and oxygen atoms in total. The number of hydrazine groups is 1. The molecule has 0 spiro atoms. The van der Waals surface area contributed by atoms with Crippen LogP contribution in [0, 0.1) is 0 Å². The number of hydrogen-bond acceptors (Lipinski definition) is 6. The molecule has 0 aliphatic rings. The lowest BCUT2D eigenvalue weighted by Crippen LogP contribution is -2.43. The summed E-state index contributed by atoms with van der Waals surface area (Å²) in [6, 6.07) is 4.93.